The van der Waals surface area contributed by atoms with Crippen molar-refractivity contribution in [1.29, 1.82) is 0 Å². The number of halogens is 1. The monoisotopic (exact) mass is 332 g/mol. The van der Waals surface area contributed by atoms with E-state index in [0.717, 1.165) is 10.3 Å². The van der Waals surface area contributed by atoms with E-state index in [1.165, 1.54) is 30.6 Å². The van der Waals surface area contributed by atoms with E-state index in [1.807, 2.05) is 0 Å². The lowest BCUT2D eigenvalue weighted by Gasteiger charge is -2.04. The van der Waals surface area contributed by atoms with E-state index >= 15 is 0 Å². The Bertz CT molecular complexity index is 833. The zero-order valence-electron chi connectivity index (χ0n) is 12.2. The molecule has 1 N–H and O–H groups in total. The van der Waals surface area contributed by atoms with Crippen LogP contribution in [0.4, 0.5) is 4.39 Å². The normalized spacial score (nSPS) is 10.7. The summed E-state index contributed by atoms with van der Waals surface area (Å²) < 4.78 is 19.6. The summed E-state index contributed by atoms with van der Waals surface area (Å²) in [6.07, 6.45) is 0.217. The molecule has 0 radical (unpaired) electrons. The lowest BCUT2D eigenvalue weighted by atomic mass is 10.1. The number of aromatic nitrogens is 1. The Balaban J connectivity index is 1.70. The summed E-state index contributed by atoms with van der Waals surface area (Å²) in [5.41, 5.74) is 3.78. The second-order valence-corrected chi connectivity index (χ2v) is 5.74. The first-order valence-corrected chi connectivity index (χ1v) is 7.60. The van der Waals surface area contributed by atoms with Gasteiger partial charge in [0.1, 0.15) is 11.6 Å². The van der Waals surface area contributed by atoms with Crippen LogP contribution in [0.5, 0.6) is 10.9 Å². The van der Waals surface area contributed by atoms with Crippen molar-refractivity contribution in [2.75, 3.05) is 7.11 Å². The largest absolute Gasteiger partial charge is 0.431 e. The van der Waals surface area contributed by atoms with Gasteiger partial charge in [-0.3, -0.25) is 9.63 Å². The van der Waals surface area contributed by atoms with Crippen LogP contribution in [0, 0.1) is 5.82 Å². The molecule has 5 nitrogen and oxygen atoms in total. The van der Waals surface area contributed by atoms with Crippen molar-refractivity contribution >= 4 is 27.5 Å². The average molecular weight is 332 g/mol. The summed E-state index contributed by atoms with van der Waals surface area (Å²) in [5.74, 6) is 0.0705. The third kappa shape index (κ3) is 3.82. The maximum absolute atomic E-state index is 13.2. The lowest BCUT2D eigenvalue weighted by molar-refractivity contribution is -0.130. The SMILES string of the molecule is CONC(=O)Cc1ccc(Oc2nc3ccc(F)cc3s2)cc1. The van der Waals surface area contributed by atoms with Crippen LogP contribution < -0.4 is 10.2 Å². The lowest BCUT2D eigenvalue weighted by Crippen LogP contribution is -2.23. The van der Waals surface area contributed by atoms with Gasteiger partial charge in [-0.25, -0.2) is 14.9 Å². The van der Waals surface area contributed by atoms with Gasteiger partial charge in [0.2, 0.25) is 5.91 Å². The van der Waals surface area contributed by atoms with Crippen LogP contribution in [0.1, 0.15) is 5.56 Å². The number of carbonyl (C=O) groups excluding carboxylic acids is 1. The minimum absolute atomic E-state index is 0.217. The van der Waals surface area contributed by atoms with Gasteiger partial charge in [-0.2, -0.15) is 0 Å². The van der Waals surface area contributed by atoms with Crippen LogP contribution in [0.25, 0.3) is 10.2 Å². The van der Waals surface area contributed by atoms with Crippen molar-refractivity contribution in [3.8, 4) is 10.9 Å². The van der Waals surface area contributed by atoms with Crippen molar-refractivity contribution in [1.82, 2.24) is 10.5 Å². The van der Waals surface area contributed by atoms with E-state index in [-0.39, 0.29) is 18.1 Å². The van der Waals surface area contributed by atoms with Gasteiger partial charge in [0.15, 0.2) is 0 Å². The molecule has 0 fully saturated rings. The number of rotatable bonds is 5. The second kappa shape index (κ2) is 6.72. The number of hydrogen-bond acceptors (Lipinski definition) is 5. The van der Waals surface area contributed by atoms with Gasteiger partial charge >= 0.3 is 0 Å². The fourth-order valence-corrected chi connectivity index (χ4v) is 2.89. The number of thiazole rings is 1. The maximum Gasteiger partial charge on any atom is 0.279 e. The highest BCUT2D eigenvalue weighted by Crippen LogP contribution is 2.31. The van der Waals surface area contributed by atoms with E-state index in [9.17, 15) is 9.18 Å². The number of hydrogen-bond donors (Lipinski definition) is 1. The van der Waals surface area contributed by atoms with Crippen molar-refractivity contribution in [3.05, 3.63) is 53.8 Å². The number of amides is 1. The Morgan fingerprint density at radius 2 is 2.04 bits per heavy atom. The van der Waals surface area contributed by atoms with Crippen LogP contribution in [-0.4, -0.2) is 18.0 Å². The molecule has 0 aliphatic heterocycles. The van der Waals surface area contributed by atoms with Crippen molar-refractivity contribution < 1.29 is 18.8 Å². The Morgan fingerprint density at radius 1 is 1.26 bits per heavy atom. The Labute approximate surface area is 135 Å². The van der Waals surface area contributed by atoms with Crippen molar-refractivity contribution in [2.24, 2.45) is 0 Å². The molecule has 23 heavy (non-hydrogen) atoms. The molecule has 0 unspecified atom stereocenters. The van der Waals surface area contributed by atoms with Gasteiger partial charge in [0.25, 0.3) is 5.19 Å². The molecule has 0 saturated heterocycles. The summed E-state index contributed by atoms with van der Waals surface area (Å²) >= 11 is 1.27. The fraction of sp³-hybridized carbons (Fsp3) is 0.125. The smallest absolute Gasteiger partial charge is 0.279 e. The molecular formula is C16H13FN2O3S. The second-order valence-electron chi connectivity index (χ2n) is 4.74. The zero-order chi connectivity index (χ0) is 16.2. The molecule has 1 aromatic heterocycles. The van der Waals surface area contributed by atoms with Gasteiger partial charge < -0.3 is 4.74 Å². The van der Waals surface area contributed by atoms with Crippen LogP contribution in [0.15, 0.2) is 42.5 Å². The molecule has 118 valence electrons. The number of nitrogens with one attached hydrogen (secondary N) is 1. The standard InChI is InChI=1S/C16H13FN2O3S/c1-21-19-15(20)8-10-2-5-12(6-3-10)22-16-18-13-7-4-11(17)9-14(13)23-16/h2-7,9H,8H2,1H3,(H,19,20). The highest BCUT2D eigenvalue weighted by molar-refractivity contribution is 7.20. The third-order valence-corrected chi connectivity index (χ3v) is 3.94. The maximum atomic E-state index is 13.2. The van der Waals surface area contributed by atoms with Gasteiger partial charge in [0.05, 0.1) is 23.7 Å². The molecule has 1 amide bonds. The number of benzene rings is 2. The molecule has 7 heteroatoms. The Hall–Kier alpha value is -2.51. The Morgan fingerprint density at radius 3 is 2.78 bits per heavy atom. The number of hydroxylamine groups is 1. The highest BCUT2D eigenvalue weighted by Gasteiger charge is 2.08. The molecule has 0 aliphatic rings. The molecule has 1 heterocycles. The molecule has 2 aromatic carbocycles. The molecule has 3 aromatic rings. The third-order valence-electron chi connectivity index (χ3n) is 3.04. The summed E-state index contributed by atoms with van der Waals surface area (Å²) in [7, 11) is 1.39. The molecular weight excluding hydrogens is 319 g/mol. The van der Waals surface area contributed by atoms with Crippen molar-refractivity contribution in [3.63, 3.8) is 0 Å². The molecule has 0 atom stereocenters. The van der Waals surface area contributed by atoms with E-state index < -0.39 is 0 Å². The van der Waals surface area contributed by atoms with Gasteiger partial charge in [-0.05, 0) is 35.9 Å². The molecule has 0 spiro atoms. The average Bonchev–Trinajstić information content (AvgIpc) is 2.91. The number of ether oxygens (including phenoxy) is 1. The van der Waals surface area contributed by atoms with E-state index in [0.29, 0.717) is 16.5 Å². The fourth-order valence-electron chi connectivity index (χ4n) is 2.03. The topological polar surface area (TPSA) is 60.5 Å². The minimum Gasteiger partial charge on any atom is -0.431 e. The minimum atomic E-state index is -0.300. The molecule has 0 aliphatic carbocycles. The number of fused-ring (bicyclic) bond motifs is 1. The van der Waals surface area contributed by atoms with Crippen LogP contribution in [0.3, 0.4) is 0 Å². The Kier molecular flexibility index (Phi) is 4.50. The molecule has 0 saturated carbocycles. The molecule has 3 rings (SSSR count). The predicted octanol–water partition coefficient (Wildman–Crippen LogP) is 3.45. The number of nitrogens with zero attached hydrogens (tertiary/aromatic N) is 1. The van der Waals surface area contributed by atoms with Crippen LogP contribution >= 0.6 is 11.3 Å². The predicted molar refractivity (Wildman–Crippen MR) is 84.9 cm³/mol. The van der Waals surface area contributed by atoms with E-state index in [2.05, 4.69) is 15.3 Å². The van der Waals surface area contributed by atoms with Gasteiger partial charge in [-0.1, -0.05) is 23.5 Å². The van der Waals surface area contributed by atoms with Gasteiger partial charge in [0, 0.05) is 0 Å². The highest BCUT2D eigenvalue weighted by atomic mass is 32.1. The van der Waals surface area contributed by atoms with Crippen molar-refractivity contribution in [2.45, 2.75) is 6.42 Å². The summed E-state index contributed by atoms with van der Waals surface area (Å²) in [5, 5.41) is 0.440. The van der Waals surface area contributed by atoms with Crippen LogP contribution in [-0.2, 0) is 16.1 Å². The van der Waals surface area contributed by atoms with Crippen LogP contribution in [0.2, 0.25) is 0 Å². The van der Waals surface area contributed by atoms with E-state index in [4.69, 9.17) is 4.74 Å². The molecule has 0 bridgehead atoms. The first-order valence-electron chi connectivity index (χ1n) is 6.79. The van der Waals surface area contributed by atoms with E-state index in [1.54, 1.807) is 30.3 Å². The number of carbonyl (C=O) groups is 1. The quantitative estimate of drug-likeness (QED) is 0.727. The first-order chi connectivity index (χ1) is 11.1. The zero-order valence-corrected chi connectivity index (χ0v) is 13.0. The summed E-state index contributed by atoms with van der Waals surface area (Å²) in [6, 6.07) is 11.5. The summed E-state index contributed by atoms with van der Waals surface area (Å²) in [6.45, 7) is 0. The summed E-state index contributed by atoms with van der Waals surface area (Å²) in [4.78, 5) is 20.3. The first kappa shape index (κ1) is 15.4. The van der Waals surface area contributed by atoms with Gasteiger partial charge in [-0.15, -0.1) is 0 Å².